The van der Waals surface area contributed by atoms with Gasteiger partial charge in [0.1, 0.15) is 24.7 Å². The lowest BCUT2D eigenvalue weighted by molar-refractivity contribution is -0.114. The van der Waals surface area contributed by atoms with Crippen LogP contribution in [0.1, 0.15) is 37.3 Å². The second-order valence-corrected chi connectivity index (χ2v) is 8.74. The summed E-state index contributed by atoms with van der Waals surface area (Å²) in [5.41, 5.74) is 3.65. The van der Waals surface area contributed by atoms with Gasteiger partial charge in [0.15, 0.2) is 11.0 Å². The van der Waals surface area contributed by atoms with Gasteiger partial charge in [-0.15, -0.1) is 0 Å². The lowest BCUT2D eigenvalue weighted by atomic mass is 9.99. The zero-order chi connectivity index (χ0) is 23.4. The molecule has 2 aliphatic rings. The van der Waals surface area contributed by atoms with Gasteiger partial charge in [0, 0.05) is 0 Å². The molecule has 0 aliphatic carbocycles. The molecule has 2 aromatic rings. The van der Waals surface area contributed by atoms with E-state index >= 15 is 0 Å². The Labute approximate surface area is 201 Å². The third kappa shape index (κ3) is 5.29. The van der Waals surface area contributed by atoms with Crippen LogP contribution in [0.4, 0.5) is 0 Å². The minimum absolute atomic E-state index is 0.0166. The molecule has 0 saturated heterocycles. The number of hydrogen-bond acceptors (Lipinski definition) is 6. The molecule has 1 N–H and O–H groups in total. The van der Waals surface area contributed by atoms with E-state index in [1.54, 1.807) is 24.3 Å². The molecular formula is C24H23ClN4O3S. The smallest absolute Gasteiger partial charge is 0.283 e. The van der Waals surface area contributed by atoms with E-state index in [1.165, 1.54) is 27.9 Å². The molecule has 7 nitrogen and oxygen atoms in total. The number of thioether (sulfide) groups is 1. The van der Waals surface area contributed by atoms with E-state index < -0.39 is 5.91 Å². The minimum Gasteiger partial charge on any atom is -0.490 e. The molecule has 0 aromatic heterocycles. The molecule has 2 aliphatic heterocycles. The number of hydrogen-bond donors (Lipinski definition) is 1. The summed E-state index contributed by atoms with van der Waals surface area (Å²) in [6.07, 6.45) is 2.68. The molecule has 0 radical (unpaired) electrons. The average molecular weight is 483 g/mol. The highest BCUT2D eigenvalue weighted by molar-refractivity contribution is 8.25. The van der Waals surface area contributed by atoms with Crippen LogP contribution >= 0.6 is 23.4 Å². The standard InChI is InChI=1S/C24H23ClN4O3S/c1-3-15(2)17-5-7-18(8-6-17)31-10-11-32-21-9-4-16(13-20(21)25)12-19-22(26)29-24(28-23(19)30)33-14-27-29/h4-9,12-15,26H,3,10-11H2,1-2H3/b19-12-,26-22?/t15-/m0/s1. The van der Waals surface area contributed by atoms with E-state index in [-0.39, 0.29) is 11.4 Å². The van der Waals surface area contributed by atoms with Crippen LogP contribution in [-0.2, 0) is 4.79 Å². The van der Waals surface area contributed by atoms with Crippen molar-refractivity contribution < 1.29 is 14.3 Å². The second-order valence-electron chi connectivity index (χ2n) is 7.52. The van der Waals surface area contributed by atoms with Crippen molar-refractivity contribution >= 4 is 51.9 Å². The van der Waals surface area contributed by atoms with Gasteiger partial charge in [-0.05, 0) is 65.6 Å². The van der Waals surface area contributed by atoms with Gasteiger partial charge in [0.05, 0.1) is 16.1 Å². The number of halogens is 1. The summed E-state index contributed by atoms with van der Waals surface area (Å²) in [5, 5.41) is 14.4. The molecule has 0 unspecified atom stereocenters. The van der Waals surface area contributed by atoms with Gasteiger partial charge in [-0.3, -0.25) is 10.2 Å². The molecule has 1 amide bonds. The van der Waals surface area contributed by atoms with Crippen LogP contribution in [0.3, 0.4) is 0 Å². The number of nitrogens with one attached hydrogen (secondary N) is 1. The molecule has 2 aromatic carbocycles. The first kappa shape index (κ1) is 23.1. The number of amides is 1. The third-order valence-electron chi connectivity index (χ3n) is 5.33. The molecule has 0 saturated carbocycles. The number of benzene rings is 2. The van der Waals surface area contributed by atoms with Crippen molar-refractivity contribution in [2.24, 2.45) is 10.1 Å². The highest BCUT2D eigenvalue weighted by atomic mass is 35.5. The van der Waals surface area contributed by atoms with Crippen LogP contribution in [0.2, 0.25) is 5.02 Å². The summed E-state index contributed by atoms with van der Waals surface area (Å²) < 4.78 is 11.5. The van der Waals surface area contributed by atoms with Crippen LogP contribution < -0.4 is 9.47 Å². The number of aliphatic imine (C=N–C) groups is 1. The van der Waals surface area contributed by atoms with Crippen LogP contribution in [0, 0.1) is 5.41 Å². The fraction of sp³-hybridized carbons (Fsp3) is 0.250. The van der Waals surface area contributed by atoms with Gasteiger partial charge >= 0.3 is 0 Å². The number of amidine groups is 2. The number of rotatable bonds is 8. The summed E-state index contributed by atoms with van der Waals surface area (Å²) in [6.45, 7) is 5.09. The number of carbonyl (C=O) groups excluding carboxylic acids is 1. The van der Waals surface area contributed by atoms with E-state index in [0.29, 0.717) is 40.6 Å². The maximum Gasteiger partial charge on any atom is 0.283 e. The average Bonchev–Trinajstić information content (AvgIpc) is 3.29. The van der Waals surface area contributed by atoms with Gasteiger partial charge in [-0.1, -0.05) is 43.6 Å². The molecule has 2 heterocycles. The van der Waals surface area contributed by atoms with E-state index in [4.69, 9.17) is 26.5 Å². The Balaban J connectivity index is 1.33. The van der Waals surface area contributed by atoms with E-state index in [1.807, 2.05) is 12.1 Å². The predicted octanol–water partition coefficient (Wildman–Crippen LogP) is 5.56. The van der Waals surface area contributed by atoms with Gasteiger partial charge in [-0.2, -0.15) is 15.1 Å². The zero-order valence-electron chi connectivity index (χ0n) is 18.2. The molecule has 1 atom stereocenters. The van der Waals surface area contributed by atoms with Crippen molar-refractivity contribution in [2.75, 3.05) is 13.2 Å². The number of hydrazone groups is 1. The number of ether oxygens (including phenoxy) is 2. The van der Waals surface area contributed by atoms with Gasteiger partial charge in [0.25, 0.3) is 5.91 Å². The van der Waals surface area contributed by atoms with Gasteiger partial charge in [0.2, 0.25) is 0 Å². The first-order valence-corrected chi connectivity index (χ1v) is 11.8. The lowest BCUT2D eigenvalue weighted by Gasteiger charge is -2.20. The fourth-order valence-corrected chi connectivity index (χ4v) is 4.12. The lowest BCUT2D eigenvalue weighted by Crippen LogP contribution is -2.35. The molecule has 9 heteroatoms. The van der Waals surface area contributed by atoms with Gasteiger partial charge < -0.3 is 9.47 Å². The first-order valence-electron chi connectivity index (χ1n) is 10.5. The monoisotopic (exact) mass is 482 g/mol. The summed E-state index contributed by atoms with van der Waals surface area (Å²) in [5.74, 6) is 1.35. The molecule has 0 bridgehead atoms. The molecule has 0 fully saturated rings. The molecule has 33 heavy (non-hydrogen) atoms. The van der Waals surface area contributed by atoms with E-state index in [0.717, 1.165) is 12.2 Å². The Bertz CT molecular complexity index is 1160. The highest BCUT2D eigenvalue weighted by Gasteiger charge is 2.32. The van der Waals surface area contributed by atoms with Crippen molar-refractivity contribution in [2.45, 2.75) is 26.2 Å². The van der Waals surface area contributed by atoms with E-state index in [2.05, 4.69) is 36.1 Å². The van der Waals surface area contributed by atoms with Crippen LogP contribution in [-0.4, -0.2) is 40.7 Å². The molecule has 0 spiro atoms. The highest BCUT2D eigenvalue weighted by Crippen LogP contribution is 2.29. The summed E-state index contributed by atoms with van der Waals surface area (Å²) in [6, 6.07) is 13.3. The van der Waals surface area contributed by atoms with Crippen LogP contribution in [0.5, 0.6) is 11.5 Å². The SMILES string of the molecule is CC[C@H](C)c1ccc(OCCOc2ccc(/C=C3/C(=N)N4N=CSC4=NC3=O)cc2Cl)cc1. The maximum absolute atomic E-state index is 12.3. The Morgan fingerprint density at radius 3 is 2.67 bits per heavy atom. The topological polar surface area (TPSA) is 87.3 Å². The van der Waals surface area contributed by atoms with Crippen LogP contribution in [0.25, 0.3) is 6.08 Å². The first-order chi connectivity index (χ1) is 16.0. The second kappa shape index (κ2) is 10.2. The van der Waals surface area contributed by atoms with Crippen molar-refractivity contribution in [1.82, 2.24) is 5.01 Å². The van der Waals surface area contributed by atoms with Crippen molar-refractivity contribution in [3.63, 3.8) is 0 Å². The maximum atomic E-state index is 12.3. The Hall–Kier alpha value is -3.10. The van der Waals surface area contributed by atoms with Gasteiger partial charge in [-0.25, -0.2) is 0 Å². The number of nitrogens with zero attached hydrogens (tertiary/aromatic N) is 3. The molecular weight excluding hydrogens is 460 g/mol. The summed E-state index contributed by atoms with van der Waals surface area (Å²) >= 11 is 7.57. The Morgan fingerprint density at radius 1 is 1.18 bits per heavy atom. The van der Waals surface area contributed by atoms with Crippen molar-refractivity contribution in [3.8, 4) is 11.5 Å². The Morgan fingerprint density at radius 2 is 1.94 bits per heavy atom. The normalized spacial score (nSPS) is 17.2. The van der Waals surface area contributed by atoms with Crippen molar-refractivity contribution in [1.29, 1.82) is 5.41 Å². The quantitative estimate of drug-likeness (QED) is 0.393. The van der Waals surface area contributed by atoms with E-state index in [9.17, 15) is 4.79 Å². The summed E-state index contributed by atoms with van der Waals surface area (Å²) in [4.78, 5) is 16.3. The zero-order valence-corrected chi connectivity index (χ0v) is 19.8. The minimum atomic E-state index is -0.477. The predicted molar refractivity (Wildman–Crippen MR) is 134 cm³/mol. The fourth-order valence-electron chi connectivity index (χ4n) is 3.27. The molecule has 170 valence electrons. The molecule has 4 rings (SSSR count). The summed E-state index contributed by atoms with van der Waals surface area (Å²) in [7, 11) is 0. The van der Waals surface area contributed by atoms with Crippen LogP contribution in [0.15, 0.2) is 58.1 Å². The number of fused-ring (bicyclic) bond motifs is 1. The van der Waals surface area contributed by atoms with Crippen molar-refractivity contribution in [3.05, 3.63) is 64.2 Å². The number of carbonyl (C=O) groups is 1. The Kier molecular flexibility index (Phi) is 7.15. The largest absolute Gasteiger partial charge is 0.490 e. The third-order valence-corrected chi connectivity index (χ3v) is 6.30.